The maximum Gasteiger partial charge on any atom is 0.320 e. The average Bonchev–Trinajstić information content (AvgIpc) is 2.72. The molecule has 1 atom stereocenters. The number of benzene rings is 1. The van der Waals surface area contributed by atoms with Crippen molar-refractivity contribution in [3.05, 3.63) is 29.8 Å². The summed E-state index contributed by atoms with van der Waals surface area (Å²) in [5, 5.41) is 0. The highest BCUT2D eigenvalue weighted by molar-refractivity contribution is 6.04. The maximum atomic E-state index is 11.8. The van der Waals surface area contributed by atoms with Gasteiger partial charge in [0.1, 0.15) is 16.9 Å². The van der Waals surface area contributed by atoms with Crippen LogP contribution in [-0.4, -0.2) is 25.5 Å². The maximum absolute atomic E-state index is 11.8. The van der Waals surface area contributed by atoms with E-state index in [0.717, 1.165) is 11.3 Å². The van der Waals surface area contributed by atoms with E-state index in [1.807, 2.05) is 24.3 Å². The molecule has 1 heterocycles. The van der Waals surface area contributed by atoms with Gasteiger partial charge in [0.15, 0.2) is 0 Å². The van der Waals surface area contributed by atoms with Crippen molar-refractivity contribution in [3.63, 3.8) is 0 Å². The fourth-order valence-corrected chi connectivity index (χ4v) is 2.29. The van der Waals surface area contributed by atoms with E-state index < -0.39 is 11.4 Å². The first-order valence-corrected chi connectivity index (χ1v) is 5.90. The van der Waals surface area contributed by atoms with Gasteiger partial charge in [-0.2, -0.15) is 0 Å². The minimum Gasteiger partial charge on any atom is -0.497 e. The summed E-state index contributed by atoms with van der Waals surface area (Å²) in [7, 11) is 1.59. The third-order valence-electron chi connectivity index (χ3n) is 3.47. The minimum atomic E-state index is -1.01. The summed E-state index contributed by atoms with van der Waals surface area (Å²) < 4.78 is 10.1. The molecule has 1 fully saturated rings. The van der Waals surface area contributed by atoms with Gasteiger partial charge >= 0.3 is 5.97 Å². The fourth-order valence-electron chi connectivity index (χ4n) is 2.29. The first-order chi connectivity index (χ1) is 8.58. The zero-order valence-electron chi connectivity index (χ0n) is 10.6. The lowest BCUT2D eigenvalue weighted by Gasteiger charge is -2.21. The SMILES string of the molecule is COc1cccc(CC2(C(C)=O)CCOC2=O)c1. The van der Waals surface area contributed by atoms with E-state index in [1.54, 1.807) is 7.11 Å². The molecule has 18 heavy (non-hydrogen) atoms. The van der Waals surface area contributed by atoms with Crippen molar-refractivity contribution in [2.75, 3.05) is 13.7 Å². The van der Waals surface area contributed by atoms with Gasteiger partial charge in [-0.3, -0.25) is 9.59 Å². The van der Waals surface area contributed by atoms with Gasteiger partial charge in [0.05, 0.1) is 13.7 Å². The summed E-state index contributed by atoms with van der Waals surface area (Å²) in [4.78, 5) is 23.6. The van der Waals surface area contributed by atoms with Gasteiger partial charge in [0.2, 0.25) is 0 Å². The van der Waals surface area contributed by atoms with E-state index in [9.17, 15) is 9.59 Å². The summed E-state index contributed by atoms with van der Waals surface area (Å²) in [6.45, 7) is 1.77. The van der Waals surface area contributed by atoms with Crippen LogP contribution in [0.5, 0.6) is 5.75 Å². The average molecular weight is 248 g/mol. The summed E-state index contributed by atoms with van der Waals surface area (Å²) in [5.41, 5.74) is -0.102. The van der Waals surface area contributed by atoms with Crippen molar-refractivity contribution in [2.45, 2.75) is 19.8 Å². The molecule has 1 aromatic rings. The van der Waals surface area contributed by atoms with E-state index >= 15 is 0 Å². The van der Waals surface area contributed by atoms with Gasteiger partial charge in [-0.05, 0) is 31.0 Å². The number of hydrogen-bond acceptors (Lipinski definition) is 4. The third-order valence-corrected chi connectivity index (χ3v) is 3.47. The summed E-state index contributed by atoms with van der Waals surface area (Å²) in [5.74, 6) is 0.184. The van der Waals surface area contributed by atoms with Crippen LogP contribution in [0.3, 0.4) is 0 Å². The van der Waals surface area contributed by atoms with E-state index in [2.05, 4.69) is 0 Å². The second kappa shape index (κ2) is 4.80. The van der Waals surface area contributed by atoms with Crippen molar-refractivity contribution in [3.8, 4) is 5.75 Å². The standard InChI is InChI=1S/C14H16O4/c1-10(15)14(6-7-18-13(14)16)9-11-4-3-5-12(8-11)17-2/h3-5,8H,6-7,9H2,1-2H3. The monoisotopic (exact) mass is 248 g/mol. The normalized spacial score (nSPS) is 22.7. The van der Waals surface area contributed by atoms with Gasteiger partial charge in [0, 0.05) is 6.42 Å². The molecule has 96 valence electrons. The smallest absolute Gasteiger partial charge is 0.320 e. The molecule has 1 unspecified atom stereocenters. The van der Waals surface area contributed by atoms with E-state index in [1.165, 1.54) is 6.92 Å². The number of Topliss-reactive ketones (excluding diaryl/α,β-unsaturated/α-hetero) is 1. The van der Waals surface area contributed by atoms with Crippen molar-refractivity contribution < 1.29 is 19.1 Å². The molecule has 1 aliphatic rings. The highest BCUT2D eigenvalue weighted by Crippen LogP contribution is 2.35. The number of carbonyl (C=O) groups excluding carboxylic acids is 2. The molecule has 2 rings (SSSR count). The Kier molecular flexibility index (Phi) is 3.36. The Bertz CT molecular complexity index is 480. The third kappa shape index (κ3) is 2.10. The van der Waals surface area contributed by atoms with E-state index in [-0.39, 0.29) is 5.78 Å². The fraction of sp³-hybridized carbons (Fsp3) is 0.429. The highest BCUT2D eigenvalue weighted by Gasteiger charge is 2.48. The first-order valence-electron chi connectivity index (χ1n) is 5.90. The Morgan fingerprint density at radius 1 is 1.50 bits per heavy atom. The van der Waals surface area contributed by atoms with Crippen molar-refractivity contribution >= 4 is 11.8 Å². The highest BCUT2D eigenvalue weighted by atomic mass is 16.5. The lowest BCUT2D eigenvalue weighted by Crippen LogP contribution is -2.36. The van der Waals surface area contributed by atoms with Gasteiger partial charge in [-0.1, -0.05) is 12.1 Å². The Balaban J connectivity index is 2.29. The zero-order chi connectivity index (χ0) is 13.2. The first kappa shape index (κ1) is 12.6. The Morgan fingerprint density at radius 3 is 2.83 bits per heavy atom. The van der Waals surface area contributed by atoms with Crippen LogP contribution in [0.15, 0.2) is 24.3 Å². The molecule has 0 saturated carbocycles. The predicted octanol–water partition coefficient (Wildman–Crippen LogP) is 1.76. The van der Waals surface area contributed by atoms with Crippen molar-refractivity contribution in [2.24, 2.45) is 5.41 Å². The van der Waals surface area contributed by atoms with Crippen molar-refractivity contribution in [1.82, 2.24) is 0 Å². The Hall–Kier alpha value is -1.84. The van der Waals surface area contributed by atoms with Gasteiger partial charge < -0.3 is 9.47 Å². The lowest BCUT2D eigenvalue weighted by molar-refractivity contribution is -0.150. The molecule has 0 amide bonds. The molecule has 0 radical (unpaired) electrons. The van der Waals surface area contributed by atoms with E-state index in [4.69, 9.17) is 9.47 Å². The van der Waals surface area contributed by atoms with Crippen LogP contribution in [0, 0.1) is 5.41 Å². The van der Waals surface area contributed by atoms with Crippen LogP contribution in [0.1, 0.15) is 18.9 Å². The summed E-state index contributed by atoms with van der Waals surface area (Å²) in [6.07, 6.45) is 0.830. The largest absolute Gasteiger partial charge is 0.497 e. The molecule has 1 saturated heterocycles. The van der Waals surface area contributed by atoms with Crippen LogP contribution in [0.2, 0.25) is 0 Å². The van der Waals surface area contributed by atoms with Crippen LogP contribution in [-0.2, 0) is 20.7 Å². The van der Waals surface area contributed by atoms with Gasteiger partial charge in [0.25, 0.3) is 0 Å². The molecule has 0 aromatic heterocycles. The predicted molar refractivity (Wildman–Crippen MR) is 65.4 cm³/mol. The van der Waals surface area contributed by atoms with Crippen LogP contribution < -0.4 is 4.74 Å². The molecule has 0 N–H and O–H groups in total. The second-order valence-electron chi connectivity index (χ2n) is 4.55. The van der Waals surface area contributed by atoms with E-state index in [0.29, 0.717) is 19.4 Å². The molecule has 4 nitrogen and oxygen atoms in total. The molecular weight excluding hydrogens is 232 g/mol. The number of cyclic esters (lactones) is 1. The van der Waals surface area contributed by atoms with Crippen LogP contribution in [0.4, 0.5) is 0 Å². The number of hydrogen-bond donors (Lipinski definition) is 0. The van der Waals surface area contributed by atoms with Crippen LogP contribution >= 0.6 is 0 Å². The number of ketones is 1. The Morgan fingerprint density at radius 2 is 2.28 bits per heavy atom. The molecule has 1 aliphatic heterocycles. The molecule has 0 aliphatic carbocycles. The van der Waals surface area contributed by atoms with Crippen molar-refractivity contribution in [1.29, 1.82) is 0 Å². The van der Waals surface area contributed by atoms with Gasteiger partial charge in [-0.15, -0.1) is 0 Å². The quantitative estimate of drug-likeness (QED) is 0.602. The number of esters is 1. The number of carbonyl (C=O) groups is 2. The van der Waals surface area contributed by atoms with Crippen LogP contribution in [0.25, 0.3) is 0 Å². The molecule has 0 spiro atoms. The summed E-state index contributed by atoms with van der Waals surface area (Å²) in [6, 6.07) is 7.41. The number of rotatable bonds is 4. The molecule has 4 heteroatoms. The molecule has 0 bridgehead atoms. The lowest BCUT2D eigenvalue weighted by atomic mass is 9.77. The molecular formula is C14H16O4. The summed E-state index contributed by atoms with van der Waals surface area (Å²) >= 11 is 0. The number of ether oxygens (including phenoxy) is 2. The number of methoxy groups -OCH3 is 1. The topological polar surface area (TPSA) is 52.6 Å². The zero-order valence-corrected chi connectivity index (χ0v) is 10.6. The molecule has 1 aromatic carbocycles. The second-order valence-corrected chi connectivity index (χ2v) is 4.55. The van der Waals surface area contributed by atoms with Gasteiger partial charge in [-0.25, -0.2) is 0 Å². The minimum absolute atomic E-state index is 0.132. The Labute approximate surface area is 106 Å².